The first kappa shape index (κ1) is 19.0. The quantitative estimate of drug-likeness (QED) is 0.687. The molecule has 140 valence electrons. The van der Waals surface area contributed by atoms with E-state index >= 15 is 0 Å². The second kappa shape index (κ2) is 7.84. The van der Waals surface area contributed by atoms with E-state index in [1.165, 1.54) is 0 Å². The molecule has 0 saturated heterocycles. The van der Waals surface area contributed by atoms with Gasteiger partial charge < -0.3 is 15.2 Å². The van der Waals surface area contributed by atoms with Crippen LogP contribution in [0.4, 0.5) is 0 Å². The van der Waals surface area contributed by atoms with Crippen LogP contribution in [0.3, 0.4) is 0 Å². The van der Waals surface area contributed by atoms with Gasteiger partial charge >= 0.3 is 0 Å². The van der Waals surface area contributed by atoms with Crippen molar-refractivity contribution in [3.05, 3.63) is 52.5 Å². The van der Waals surface area contributed by atoms with Gasteiger partial charge in [-0.3, -0.25) is 4.79 Å². The molecule has 0 fully saturated rings. The number of carbonyl (C=O) groups is 1. The van der Waals surface area contributed by atoms with Gasteiger partial charge in [-0.15, -0.1) is 0 Å². The average Bonchev–Trinajstić information content (AvgIpc) is 2.61. The van der Waals surface area contributed by atoms with Crippen molar-refractivity contribution in [2.75, 3.05) is 13.7 Å². The largest absolute Gasteiger partial charge is 0.493 e. The van der Waals surface area contributed by atoms with Gasteiger partial charge in [-0.2, -0.15) is 0 Å². The Labute approximate surface area is 163 Å². The second-order valence-electron chi connectivity index (χ2n) is 6.23. The summed E-state index contributed by atoms with van der Waals surface area (Å²) in [5.74, 6) is 0.815. The maximum absolute atomic E-state index is 11.2. The summed E-state index contributed by atoms with van der Waals surface area (Å²) in [6, 6.07) is 11.3. The monoisotopic (exact) mass is 384 g/mol. The summed E-state index contributed by atoms with van der Waals surface area (Å²) in [5.41, 5.74) is 9.46. The van der Waals surface area contributed by atoms with E-state index in [9.17, 15) is 4.79 Å². The third kappa shape index (κ3) is 3.98. The summed E-state index contributed by atoms with van der Waals surface area (Å²) in [4.78, 5) is 16.0. The van der Waals surface area contributed by atoms with E-state index in [4.69, 9.17) is 31.8 Å². The number of primary amides is 1. The van der Waals surface area contributed by atoms with Crippen LogP contribution in [-0.4, -0.2) is 24.6 Å². The predicted molar refractivity (Wildman–Crippen MR) is 108 cm³/mol. The van der Waals surface area contributed by atoms with Crippen LogP contribution < -0.4 is 15.2 Å². The lowest BCUT2D eigenvalue weighted by molar-refractivity contribution is -0.117. The summed E-state index contributed by atoms with van der Waals surface area (Å²) in [6.07, 6.45) is 0.179. The zero-order chi connectivity index (χ0) is 19.6. The Morgan fingerprint density at radius 2 is 1.96 bits per heavy atom. The molecule has 1 amide bonds. The molecule has 6 heteroatoms. The minimum atomic E-state index is -0.374. The first-order valence-electron chi connectivity index (χ1n) is 8.62. The number of carbonyl (C=O) groups excluding carboxylic acids is 1. The van der Waals surface area contributed by atoms with E-state index in [-0.39, 0.29) is 12.3 Å². The van der Waals surface area contributed by atoms with Crippen LogP contribution in [0.25, 0.3) is 22.2 Å². The SMILES string of the molecule is CCOc1cc(Cl)c(-c2cc(C)c3ccc(CC(N)=O)cc3n2)cc1OC. The lowest BCUT2D eigenvalue weighted by Crippen LogP contribution is -2.13. The van der Waals surface area contributed by atoms with Gasteiger partial charge in [0.2, 0.25) is 5.91 Å². The molecule has 3 aromatic rings. The summed E-state index contributed by atoms with van der Waals surface area (Å²) in [5, 5.41) is 1.54. The minimum absolute atomic E-state index is 0.179. The molecule has 0 aliphatic heterocycles. The van der Waals surface area contributed by atoms with Gasteiger partial charge in [0, 0.05) is 17.0 Å². The van der Waals surface area contributed by atoms with Crippen molar-refractivity contribution in [2.24, 2.45) is 5.73 Å². The Morgan fingerprint density at radius 3 is 2.63 bits per heavy atom. The number of rotatable bonds is 6. The second-order valence-corrected chi connectivity index (χ2v) is 6.64. The average molecular weight is 385 g/mol. The summed E-state index contributed by atoms with van der Waals surface area (Å²) < 4.78 is 11.0. The van der Waals surface area contributed by atoms with E-state index in [0.29, 0.717) is 23.1 Å². The minimum Gasteiger partial charge on any atom is -0.493 e. The molecular formula is C21H21ClN2O3. The fraction of sp³-hybridized carbons (Fsp3) is 0.238. The molecule has 5 nitrogen and oxygen atoms in total. The molecule has 2 aromatic carbocycles. The Kier molecular flexibility index (Phi) is 5.51. The molecule has 0 spiro atoms. The van der Waals surface area contributed by atoms with Crippen LogP contribution >= 0.6 is 11.6 Å². The third-order valence-electron chi connectivity index (χ3n) is 4.29. The Balaban J connectivity index is 2.14. The molecule has 0 atom stereocenters. The lowest BCUT2D eigenvalue weighted by Gasteiger charge is -2.14. The van der Waals surface area contributed by atoms with Gasteiger partial charge in [0.05, 0.1) is 36.4 Å². The van der Waals surface area contributed by atoms with Crippen LogP contribution in [0.15, 0.2) is 36.4 Å². The number of ether oxygens (including phenoxy) is 2. The van der Waals surface area contributed by atoms with Crippen molar-refractivity contribution in [2.45, 2.75) is 20.3 Å². The van der Waals surface area contributed by atoms with Crippen molar-refractivity contribution < 1.29 is 14.3 Å². The van der Waals surface area contributed by atoms with Crippen LogP contribution in [0.2, 0.25) is 5.02 Å². The smallest absolute Gasteiger partial charge is 0.221 e. The number of halogens is 1. The molecule has 0 aliphatic carbocycles. The Morgan fingerprint density at radius 1 is 1.19 bits per heavy atom. The highest BCUT2D eigenvalue weighted by atomic mass is 35.5. The number of methoxy groups -OCH3 is 1. The highest BCUT2D eigenvalue weighted by Gasteiger charge is 2.14. The number of aromatic nitrogens is 1. The van der Waals surface area contributed by atoms with Gasteiger partial charge in [0.25, 0.3) is 0 Å². The Bertz CT molecular complexity index is 1020. The summed E-state index contributed by atoms with van der Waals surface area (Å²) in [7, 11) is 1.59. The van der Waals surface area contributed by atoms with Gasteiger partial charge in [0.1, 0.15) is 0 Å². The lowest BCUT2D eigenvalue weighted by atomic mass is 10.0. The summed E-state index contributed by atoms with van der Waals surface area (Å²) >= 11 is 6.50. The predicted octanol–water partition coefficient (Wildman–Crippen LogP) is 4.30. The zero-order valence-electron chi connectivity index (χ0n) is 15.5. The number of nitrogens with two attached hydrogens (primary N) is 1. The van der Waals surface area contributed by atoms with E-state index < -0.39 is 0 Å². The van der Waals surface area contributed by atoms with Crippen molar-refractivity contribution in [3.63, 3.8) is 0 Å². The number of aryl methyl sites for hydroxylation is 1. The van der Waals surface area contributed by atoms with Crippen molar-refractivity contribution in [1.29, 1.82) is 0 Å². The molecule has 2 N–H and O–H groups in total. The van der Waals surface area contributed by atoms with Crippen LogP contribution in [-0.2, 0) is 11.2 Å². The molecular weight excluding hydrogens is 364 g/mol. The molecule has 0 aliphatic rings. The number of pyridine rings is 1. The zero-order valence-corrected chi connectivity index (χ0v) is 16.3. The number of nitrogens with zero attached hydrogens (tertiary/aromatic N) is 1. The highest BCUT2D eigenvalue weighted by Crippen LogP contribution is 2.38. The van der Waals surface area contributed by atoms with Crippen molar-refractivity contribution >= 4 is 28.4 Å². The van der Waals surface area contributed by atoms with Crippen LogP contribution in [0, 0.1) is 6.92 Å². The molecule has 0 radical (unpaired) electrons. The van der Waals surface area contributed by atoms with E-state index in [0.717, 1.165) is 33.3 Å². The molecule has 27 heavy (non-hydrogen) atoms. The topological polar surface area (TPSA) is 74.4 Å². The molecule has 0 saturated carbocycles. The first-order valence-corrected chi connectivity index (χ1v) is 9.00. The summed E-state index contributed by atoms with van der Waals surface area (Å²) in [6.45, 7) is 4.43. The van der Waals surface area contributed by atoms with E-state index in [1.54, 1.807) is 13.2 Å². The number of hydrogen-bond acceptors (Lipinski definition) is 4. The molecule has 3 rings (SSSR count). The molecule has 1 heterocycles. The maximum atomic E-state index is 11.2. The van der Waals surface area contributed by atoms with Gasteiger partial charge in [-0.1, -0.05) is 23.7 Å². The van der Waals surface area contributed by atoms with Crippen LogP contribution in [0.5, 0.6) is 11.5 Å². The normalized spacial score (nSPS) is 10.8. The number of amides is 1. The highest BCUT2D eigenvalue weighted by molar-refractivity contribution is 6.33. The third-order valence-corrected chi connectivity index (χ3v) is 4.60. The molecule has 0 unspecified atom stereocenters. The van der Waals surface area contributed by atoms with E-state index in [1.807, 2.05) is 44.2 Å². The number of fused-ring (bicyclic) bond motifs is 1. The fourth-order valence-electron chi connectivity index (χ4n) is 3.06. The number of hydrogen-bond donors (Lipinski definition) is 1. The van der Waals surface area contributed by atoms with Gasteiger partial charge in [-0.05, 0) is 43.2 Å². The Hall–Kier alpha value is -2.79. The number of benzene rings is 2. The van der Waals surface area contributed by atoms with Crippen molar-refractivity contribution in [1.82, 2.24) is 4.98 Å². The van der Waals surface area contributed by atoms with E-state index in [2.05, 4.69) is 0 Å². The maximum Gasteiger partial charge on any atom is 0.221 e. The fourth-order valence-corrected chi connectivity index (χ4v) is 3.31. The van der Waals surface area contributed by atoms with Crippen molar-refractivity contribution in [3.8, 4) is 22.8 Å². The van der Waals surface area contributed by atoms with Gasteiger partial charge in [0.15, 0.2) is 11.5 Å². The molecule has 0 bridgehead atoms. The molecule has 1 aromatic heterocycles. The van der Waals surface area contributed by atoms with Gasteiger partial charge in [-0.25, -0.2) is 4.98 Å². The standard InChI is InChI=1S/C21H21ClN2O3/c1-4-27-20-11-16(22)15(10-19(20)26-3)17-7-12(2)14-6-5-13(9-21(23)25)8-18(14)24-17/h5-8,10-11H,4,9H2,1-3H3,(H2,23,25). The first-order chi connectivity index (χ1) is 12.9. The van der Waals surface area contributed by atoms with Crippen LogP contribution in [0.1, 0.15) is 18.1 Å².